The van der Waals surface area contributed by atoms with Gasteiger partial charge in [0.05, 0.1) is 24.9 Å². The highest BCUT2D eigenvalue weighted by atomic mass is 28.4. The Hall–Kier alpha value is -0.376. The maximum atomic E-state index is 10.2. The molecule has 0 unspecified atom stereocenters. The van der Waals surface area contributed by atoms with Gasteiger partial charge in [-0.3, -0.25) is 0 Å². The minimum atomic E-state index is -2.20. The van der Waals surface area contributed by atoms with Gasteiger partial charge >= 0.3 is 0 Å². The number of hydrogen-bond donors (Lipinski definition) is 1. The molecular weight excluding hydrogens is 507 g/mol. The summed E-state index contributed by atoms with van der Waals surface area (Å²) in [6, 6.07) is -0.652. The first-order valence-electron chi connectivity index (χ1n) is 15.5. The van der Waals surface area contributed by atoms with E-state index in [9.17, 15) is 10.6 Å². The van der Waals surface area contributed by atoms with Gasteiger partial charge in [-0.2, -0.15) is 0 Å². The fourth-order valence-corrected chi connectivity index (χ4v) is 6.93. The zero-order valence-electron chi connectivity index (χ0n) is 27.2. The zero-order valence-corrected chi connectivity index (χ0v) is 29.2. The van der Waals surface area contributed by atoms with Crippen molar-refractivity contribution in [3.05, 3.63) is 10.4 Å². The summed E-state index contributed by atoms with van der Waals surface area (Å²) >= 11 is 0. The fraction of sp³-hybridized carbons (Fsp3) is 1.00. The Morgan fingerprint density at radius 1 is 0.711 bits per heavy atom. The molecule has 0 aromatic heterocycles. The molecule has 8 heteroatoms. The molecule has 226 valence electrons. The van der Waals surface area contributed by atoms with Crippen molar-refractivity contribution in [1.29, 1.82) is 0 Å². The number of azide groups is 1. The van der Waals surface area contributed by atoms with Crippen molar-refractivity contribution >= 4 is 16.6 Å². The zero-order chi connectivity index (χ0) is 29.5. The average Bonchev–Trinajstić information content (AvgIpc) is 2.79. The molecule has 0 amide bonds. The van der Waals surface area contributed by atoms with Crippen LogP contribution in [0, 0.1) is 0 Å². The van der Waals surface area contributed by atoms with Crippen LogP contribution in [-0.2, 0) is 8.85 Å². The maximum absolute atomic E-state index is 10.2. The van der Waals surface area contributed by atoms with E-state index in [1.165, 1.54) is 70.6 Å². The van der Waals surface area contributed by atoms with E-state index in [0.29, 0.717) is 0 Å². The van der Waals surface area contributed by atoms with Crippen LogP contribution in [0.15, 0.2) is 5.11 Å². The summed E-state index contributed by atoms with van der Waals surface area (Å²) in [5, 5.41) is 14.3. The number of aliphatic hydroxyl groups is 1. The van der Waals surface area contributed by atoms with Crippen molar-refractivity contribution in [2.24, 2.45) is 5.11 Å². The minimum Gasteiger partial charge on any atom is -0.411 e. The SMILES string of the molecule is CCCCCCCCCCCCCC[C@@H](O[Si](C)(C)C(C)(C)C)[C@@H](O[Si](C)(C)C(C)(C)C)[C@H](CO)N=[N+]=[N-]. The molecule has 0 saturated carbocycles. The second kappa shape index (κ2) is 18.1. The molecule has 3 atom stereocenters. The van der Waals surface area contributed by atoms with E-state index < -0.39 is 28.8 Å². The molecule has 1 N–H and O–H groups in total. The van der Waals surface area contributed by atoms with Crippen molar-refractivity contribution in [2.75, 3.05) is 6.61 Å². The maximum Gasteiger partial charge on any atom is 0.192 e. The predicted octanol–water partition coefficient (Wildman–Crippen LogP) is 10.5. The second-order valence-electron chi connectivity index (χ2n) is 14.4. The highest BCUT2D eigenvalue weighted by Gasteiger charge is 2.46. The Morgan fingerprint density at radius 2 is 1.11 bits per heavy atom. The van der Waals surface area contributed by atoms with Gasteiger partial charge in [-0.05, 0) is 48.2 Å². The quantitative estimate of drug-likeness (QED) is 0.0488. The van der Waals surface area contributed by atoms with Crippen LogP contribution in [-0.4, -0.2) is 46.6 Å². The number of nitrogens with zero attached hydrogens (tertiary/aromatic N) is 3. The standard InChI is InChI=1S/C30H65N3O3Si2/c1-12-13-14-15-16-17-18-19-20-21-22-23-24-27(35-37(8,9)29(2,3)4)28(26(25-34)32-33-31)36-38(10,11)30(5,6)7/h26-28,34H,12-25H2,1-11H3/t26-,27+,28-/m0/s1. The molecule has 0 aliphatic rings. The topological polar surface area (TPSA) is 87.5 Å². The third kappa shape index (κ3) is 14.3. The highest BCUT2D eigenvalue weighted by molar-refractivity contribution is 6.74. The van der Waals surface area contributed by atoms with Crippen LogP contribution in [0.2, 0.25) is 36.3 Å². The van der Waals surface area contributed by atoms with Crippen LogP contribution in [0.5, 0.6) is 0 Å². The number of unbranched alkanes of at least 4 members (excludes halogenated alkanes) is 11. The Labute approximate surface area is 238 Å². The molecule has 0 radical (unpaired) electrons. The molecule has 38 heavy (non-hydrogen) atoms. The Balaban J connectivity index is 5.36. The number of rotatable bonds is 21. The molecule has 0 rings (SSSR count). The van der Waals surface area contributed by atoms with Crippen LogP contribution >= 0.6 is 0 Å². The molecule has 0 heterocycles. The van der Waals surface area contributed by atoms with Crippen molar-refractivity contribution in [3.63, 3.8) is 0 Å². The first kappa shape index (κ1) is 37.6. The van der Waals surface area contributed by atoms with Gasteiger partial charge in [0, 0.05) is 4.91 Å². The van der Waals surface area contributed by atoms with Crippen molar-refractivity contribution < 1.29 is 14.0 Å². The van der Waals surface area contributed by atoms with Crippen molar-refractivity contribution in [1.82, 2.24) is 0 Å². The molecule has 0 saturated heterocycles. The van der Waals surface area contributed by atoms with Gasteiger partial charge in [0.25, 0.3) is 0 Å². The van der Waals surface area contributed by atoms with E-state index in [2.05, 4.69) is 84.7 Å². The first-order valence-corrected chi connectivity index (χ1v) is 21.4. The monoisotopic (exact) mass is 571 g/mol. The summed E-state index contributed by atoms with van der Waals surface area (Å²) in [7, 11) is -4.32. The van der Waals surface area contributed by atoms with Crippen LogP contribution in [0.3, 0.4) is 0 Å². The lowest BCUT2D eigenvalue weighted by Gasteiger charge is -2.46. The second-order valence-corrected chi connectivity index (χ2v) is 23.9. The average molecular weight is 572 g/mol. The normalized spacial score (nSPS) is 15.7. The predicted molar refractivity (Wildman–Crippen MR) is 170 cm³/mol. The smallest absolute Gasteiger partial charge is 0.192 e. The molecule has 0 aliphatic heterocycles. The van der Waals surface area contributed by atoms with Crippen molar-refractivity contribution in [2.45, 2.75) is 186 Å². The Kier molecular flexibility index (Phi) is 18.0. The molecule has 0 aromatic carbocycles. The summed E-state index contributed by atoms with van der Waals surface area (Å²) in [4.78, 5) is 3.07. The van der Waals surface area contributed by atoms with E-state index in [1.54, 1.807) is 0 Å². The van der Waals surface area contributed by atoms with Crippen LogP contribution in [0.4, 0.5) is 0 Å². The molecule has 0 spiro atoms. The van der Waals surface area contributed by atoms with E-state index in [1.807, 2.05) is 0 Å². The summed E-state index contributed by atoms with van der Waals surface area (Å²) in [5.41, 5.74) is 9.28. The molecule has 0 bridgehead atoms. The van der Waals surface area contributed by atoms with Gasteiger partial charge < -0.3 is 14.0 Å². The molecule has 0 aromatic rings. The van der Waals surface area contributed by atoms with E-state index >= 15 is 0 Å². The molecule has 0 fully saturated rings. The lowest BCUT2D eigenvalue weighted by Crippen LogP contribution is -2.55. The number of hydrogen-bond acceptors (Lipinski definition) is 4. The fourth-order valence-electron chi connectivity index (χ4n) is 4.22. The highest BCUT2D eigenvalue weighted by Crippen LogP contribution is 2.42. The summed E-state index contributed by atoms with van der Waals surface area (Å²) in [5.74, 6) is 0. The summed E-state index contributed by atoms with van der Waals surface area (Å²) in [6.45, 7) is 24.4. The van der Waals surface area contributed by atoms with Gasteiger partial charge in [-0.25, -0.2) is 0 Å². The van der Waals surface area contributed by atoms with Gasteiger partial charge in [-0.1, -0.05) is 131 Å². The molecule has 6 nitrogen and oxygen atoms in total. The summed E-state index contributed by atoms with van der Waals surface area (Å²) < 4.78 is 13.9. The Bertz CT molecular complexity index is 669. The molecular formula is C30H65N3O3Si2. The van der Waals surface area contributed by atoms with Gasteiger partial charge in [-0.15, -0.1) is 0 Å². The Morgan fingerprint density at radius 3 is 1.47 bits per heavy atom. The first-order chi connectivity index (χ1) is 17.5. The largest absolute Gasteiger partial charge is 0.411 e. The van der Waals surface area contributed by atoms with E-state index in [4.69, 9.17) is 8.85 Å². The van der Waals surface area contributed by atoms with Gasteiger partial charge in [0.15, 0.2) is 16.6 Å². The lowest BCUT2D eigenvalue weighted by molar-refractivity contribution is 0.00270. The molecule has 0 aliphatic carbocycles. The van der Waals surface area contributed by atoms with Crippen LogP contribution in [0.1, 0.15) is 132 Å². The third-order valence-corrected chi connectivity index (χ3v) is 17.9. The third-order valence-electron chi connectivity index (χ3n) is 8.96. The summed E-state index contributed by atoms with van der Waals surface area (Å²) in [6.07, 6.45) is 15.9. The van der Waals surface area contributed by atoms with E-state index in [0.717, 1.165) is 12.8 Å². The van der Waals surface area contributed by atoms with E-state index in [-0.39, 0.29) is 22.8 Å². The van der Waals surface area contributed by atoms with Crippen LogP contribution in [0.25, 0.3) is 10.4 Å². The van der Waals surface area contributed by atoms with Crippen molar-refractivity contribution in [3.8, 4) is 0 Å². The lowest BCUT2D eigenvalue weighted by atomic mass is 10.00. The number of aliphatic hydroxyl groups excluding tert-OH is 1. The van der Waals surface area contributed by atoms with Gasteiger partial charge in [0.2, 0.25) is 0 Å². The van der Waals surface area contributed by atoms with Gasteiger partial charge in [0.1, 0.15) is 0 Å². The van der Waals surface area contributed by atoms with Crippen LogP contribution < -0.4 is 0 Å². The minimum absolute atomic E-state index is 0.000856.